The summed E-state index contributed by atoms with van der Waals surface area (Å²) in [5.74, 6) is 0.943. The molecule has 1 aromatic carbocycles. The molecular formula is C25H43N5O. The Bertz CT molecular complexity index is 645. The zero-order chi connectivity index (χ0) is 22.1. The first-order valence-corrected chi connectivity index (χ1v) is 12.1. The van der Waals surface area contributed by atoms with E-state index < -0.39 is 0 Å². The minimum absolute atomic E-state index is 0.112. The van der Waals surface area contributed by atoms with Crippen LogP contribution in [0.15, 0.2) is 30.3 Å². The van der Waals surface area contributed by atoms with E-state index in [9.17, 15) is 4.79 Å². The minimum Gasteiger partial charge on any atom is -0.356 e. The second-order valence-electron chi connectivity index (χ2n) is 9.85. The van der Waals surface area contributed by atoms with E-state index >= 15 is 0 Å². The number of nitrogens with one attached hydrogen (secondary N) is 1. The number of benzene rings is 1. The van der Waals surface area contributed by atoms with Gasteiger partial charge in [0.05, 0.1) is 5.92 Å². The summed E-state index contributed by atoms with van der Waals surface area (Å²) in [6, 6.07) is 10.7. The topological polar surface area (TPSA) is 42.1 Å². The fraction of sp³-hybridized carbons (Fsp3) is 0.720. The summed E-state index contributed by atoms with van der Waals surface area (Å²) in [7, 11) is 6.37. The number of carbonyl (C=O) groups is 1. The van der Waals surface area contributed by atoms with Crippen molar-refractivity contribution in [3.63, 3.8) is 0 Å². The fourth-order valence-corrected chi connectivity index (χ4v) is 4.89. The summed E-state index contributed by atoms with van der Waals surface area (Å²) in [5, 5.41) is 3.22. The summed E-state index contributed by atoms with van der Waals surface area (Å²) >= 11 is 0. The van der Waals surface area contributed by atoms with Gasteiger partial charge in [0.2, 0.25) is 5.91 Å². The zero-order valence-corrected chi connectivity index (χ0v) is 19.9. The van der Waals surface area contributed by atoms with Crippen LogP contribution in [0.2, 0.25) is 0 Å². The van der Waals surface area contributed by atoms with E-state index in [-0.39, 0.29) is 11.8 Å². The van der Waals surface area contributed by atoms with Crippen molar-refractivity contribution in [3.8, 4) is 0 Å². The van der Waals surface area contributed by atoms with Gasteiger partial charge in [-0.05, 0) is 58.4 Å². The van der Waals surface area contributed by atoms with E-state index in [0.29, 0.717) is 5.92 Å². The molecule has 3 rings (SSSR count). The molecule has 2 fully saturated rings. The van der Waals surface area contributed by atoms with Crippen molar-refractivity contribution in [2.24, 2.45) is 11.8 Å². The summed E-state index contributed by atoms with van der Waals surface area (Å²) in [4.78, 5) is 22.7. The number of likely N-dealkylation sites (tertiary alicyclic amines) is 1. The molecule has 2 heterocycles. The van der Waals surface area contributed by atoms with Crippen LogP contribution >= 0.6 is 0 Å². The number of nitrogens with zero attached hydrogens (tertiary/aromatic N) is 4. The van der Waals surface area contributed by atoms with Gasteiger partial charge in [-0.1, -0.05) is 30.3 Å². The first kappa shape index (κ1) is 24.2. The van der Waals surface area contributed by atoms with Crippen molar-refractivity contribution in [3.05, 3.63) is 35.9 Å². The monoisotopic (exact) mass is 429 g/mol. The zero-order valence-electron chi connectivity index (χ0n) is 19.9. The summed E-state index contributed by atoms with van der Waals surface area (Å²) in [6.07, 6.45) is 3.08. The molecule has 2 saturated heterocycles. The van der Waals surface area contributed by atoms with Crippen LogP contribution in [0.4, 0.5) is 0 Å². The number of rotatable bonds is 10. The maximum absolute atomic E-state index is 13.0. The van der Waals surface area contributed by atoms with Crippen LogP contribution in [-0.4, -0.2) is 112 Å². The molecule has 0 spiro atoms. The third-order valence-corrected chi connectivity index (χ3v) is 6.74. The van der Waals surface area contributed by atoms with E-state index in [1.54, 1.807) is 0 Å². The highest BCUT2D eigenvalue weighted by Crippen LogP contribution is 2.24. The second kappa shape index (κ2) is 12.5. The van der Waals surface area contributed by atoms with Crippen LogP contribution in [0.3, 0.4) is 0 Å². The first-order chi connectivity index (χ1) is 15.0. The van der Waals surface area contributed by atoms with Crippen molar-refractivity contribution < 1.29 is 4.79 Å². The van der Waals surface area contributed by atoms with Crippen LogP contribution in [-0.2, 0) is 11.2 Å². The molecule has 0 aromatic heterocycles. The van der Waals surface area contributed by atoms with E-state index in [1.165, 1.54) is 5.56 Å². The Kier molecular flexibility index (Phi) is 9.78. The lowest BCUT2D eigenvalue weighted by molar-refractivity contribution is -0.127. The number of amides is 1. The molecule has 1 amide bonds. The molecule has 1 aromatic rings. The maximum atomic E-state index is 13.0. The van der Waals surface area contributed by atoms with Crippen molar-refractivity contribution >= 4 is 5.91 Å². The van der Waals surface area contributed by atoms with Gasteiger partial charge < -0.3 is 24.9 Å². The third kappa shape index (κ3) is 8.53. The van der Waals surface area contributed by atoms with Gasteiger partial charge in [-0.15, -0.1) is 0 Å². The molecule has 2 aliphatic rings. The number of piperidine rings is 1. The fourth-order valence-electron chi connectivity index (χ4n) is 4.89. The van der Waals surface area contributed by atoms with Gasteiger partial charge in [0.1, 0.15) is 0 Å². The van der Waals surface area contributed by atoms with Crippen molar-refractivity contribution in [2.45, 2.75) is 19.3 Å². The molecule has 0 saturated carbocycles. The quantitative estimate of drug-likeness (QED) is 0.571. The Labute approximate surface area is 189 Å². The van der Waals surface area contributed by atoms with Crippen molar-refractivity contribution in [2.75, 3.05) is 86.6 Å². The number of hydrogen-bond acceptors (Lipinski definition) is 5. The molecule has 6 heteroatoms. The predicted octanol–water partition coefficient (Wildman–Crippen LogP) is 1.48. The Morgan fingerprint density at radius 3 is 2.52 bits per heavy atom. The van der Waals surface area contributed by atoms with Gasteiger partial charge in [-0.25, -0.2) is 0 Å². The summed E-state index contributed by atoms with van der Waals surface area (Å²) in [5.41, 5.74) is 1.38. The lowest BCUT2D eigenvalue weighted by Gasteiger charge is -2.41. The van der Waals surface area contributed by atoms with Crippen LogP contribution in [0.5, 0.6) is 0 Å². The van der Waals surface area contributed by atoms with Crippen molar-refractivity contribution in [1.29, 1.82) is 0 Å². The molecule has 1 N–H and O–H groups in total. The molecule has 2 aliphatic heterocycles. The smallest absolute Gasteiger partial charge is 0.224 e. The van der Waals surface area contributed by atoms with Gasteiger partial charge >= 0.3 is 0 Å². The van der Waals surface area contributed by atoms with Crippen molar-refractivity contribution in [1.82, 2.24) is 24.9 Å². The average molecular weight is 430 g/mol. The van der Waals surface area contributed by atoms with Crippen LogP contribution in [0.1, 0.15) is 18.4 Å². The molecule has 0 bridgehead atoms. The SMILES string of the molecule is CN(C)CCCNC(=O)[C@@H]1C[C@H](CN2CCN(C)CC2)CN(CCc2ccccc2)C1. The molecular weight excluding hydrogens is 386 g/mol. The van der Waals surface area contributed by atoms with E-state index in [4.69, 9.17) is 0 Å². The summed E-state index contributed by atoms with van der Waals surface area (Å²) in [6.45, 7) is 10.6. The highest BCUT2D eigenvalue weighted by molar-refractivity contribution is 5.79. The van der Waals surface area contributed by atoms with Gasteiger partial charge in [-0.2, -0.15) is 0 Å². The number of carbonyl (C=O) groups excluding carboxylic acids is 1. The van der Waals surface area contributed by atoms with Gasteiger partial charge in [0.15, 0.2) is 0 Å². The molecule has 0 unspecified atom stereocenters. The van der Waals surface area contributed by atoms with Crippen LogP contribution in [0.25, 0.3) is 0 Å². The number of hydrogen-bond donors (Lipinski definition) is 1. The molecule has 0 aliphatic carbocycles. The molecule has 2 atom stereocenters. The second-order valence-corrected chi connectivity index (χ2v) is 9.85. The number of likely N-dealkylation sites (N-methyl/N-ethyl adjacent to an activating group) is 1. The predicted molar refractivity (Wildman–Crippen MR) is 128 cm³/mol. The number of piperazine rings is 1. The van der Waals surface area contributed by atoms with E-state index in [1.807, 2.05) is 0 Å². The molecule has 0 radical (unpaired) electrons. The van der Waals surface area contributed by atoms with Crippen LogP contribution < -0.4 is 5.32 Å². The Balaban J connectivity index is 1.54. The third-order valence-electron chi connectivity index (χ3n) is 6.74. The van der Waals surface area contributed by atoms with E-state index in [0.717, 1.165) is 84.7 Å². The maximum Gasteiger partial charge on any atom is 0.224 e. The molecule has 6 nitrogen and oxygen atoms in total. The largest absolute Gasteiger partial charge is 0.356 e. The minimum atomic E-state index is 0.112. The summed E-state index contributed by atoms with van der Waals surface area (Å²) < 4.78 is 0. The first-order valence-electron chi connectivity index (χ1n) is 12.1. The Morgan fingerprint density at radius 1 is 1.06 bits per heavy atom. The van der Waals surface area contributed by atoms with Crippen LogP contribution in [0, 0.1) is 11.8 Å². The average Bonchev–Trinajstić information content (AvgIpc) is 2.77. The molecule has 31 heavy (non-hydrogen) atoms. The van der Waals surface area contributed by atoms with Gasteiger partial charge in [0, 0.05) is 58.9 Å². The van der Waals surface area contributed by atoms with E-state index in [2.05, 4.69) is 76.4 Å². The normalized spacial score (nSPS) is 23.9. The Morgan fingerprint density at radius 2 is 1.81 bits per heavy atom. The molecule has 174 valence electrons. The highest BCUT2D eigenvalue weighted by Gasteiger charge is 2.32. The lowest BCUT2D eigenvalue weighted by Crippen LogP contribution is -2.52. The van der Waals surface area contributed by atoms with Gasteiger partial charge in [0.25, 0.3) is 0 Å². The standard InChI is InChI=1S/C25H43N5O/c1-27(2)12-7-11-26-25(31)24-18-23(19-29-16-14-28(3)15-17-29)20-30(21-24)13-10-22-8-5-4-6-9-22/h4-6,8-9,23-24H,7,10-21H2,1-3H3,(H,26,31)/t23-,24-/m1/s1. The Hall–Kier alpha value is -1.47. The highest BCUT2D eigenvalue weighted by atomic mass is 16.1. The lowest BCUT2D eigenvalue weighted by atomic mass is 9.87. The van der Waals surface area contributed by atoms with Gasteiger partial charge in [-0.3, -0.25) is 4.79 Å².